The SMILES string of the molecule is CC.Cc1ccc(NC(=O)Nc2cc(C(C)(C)C)on2)cc1. The van der Waals surface area contributed by atoms with Crippen LogP contribution in [0.1, 0.15) is 45.9 Å². The molecule has 2 N–H and O–H groups in total. The second-order valence-electron chi connectivity index (χ2n) is 5.77. The summed E-state index contributed by atoms with van der Waals surface area (Å²) in [6.45, 7) is 12.0. The molecule has 0 spiro atoms. The number of urea groups is 1. The van der Waals surface area contributed by atoms with Crippen molar-refractivity contribution in [3.63, 3.8) is 0 Å². The quantitative estimate of drug-likeness (QED) is 0.824. The largest absolute Gasteiger partial charge is 0.359 e. The molecule has 2 aromatic rings. The van der Waals surface area contributed by atoms with E-state index >= 15 is 0 Å². The third kappa shape index (κ3) is 5.24. The standard InChI is InChI=1S/C15H19N3O2.C2H6/c1-10-5-7-11(8-6-10)16-14(19)17-13-9-12(20-18-13)15(2,3)4;1-2/h5-9H,1-4H3,(H2,16,17,18,19);1-2H3. The van der Waals surface area contributed by atoms with Crippen molar-refractivity contribution in [1.29, 1.82) is 0 Å². The zero-order chi connectivity index (χ0) is 16.8. The van der Waals surface area contributed by atoms with Gasteiger partial charge in [0.2, 0.25) is 0 Å². The van der Waals surface area contributed by atoms with Crippen LogP contribution in [0.3, 0.4) is 0 Å². The number of nitrogens with zero attached hydrogens (tertiary/aromatic N) is 1. The summed E-state index contributed by atoms with van der Waals surface area (Å²) in [7, 11) is 0. The molecule has 0 aliphatic heterocycles. The van der Waals surface area contributed by atoms with Crippen LogP contribution in [0.2, 0.25) is 0 Å². The number of aromatic nitrogens is 1. The lowest BCUT2D eigenvalue weighted by atomic mass is 9.93. The Morgan fingerprint density at radius 1 is 1.09 bits per heavy atom. The van der Waals surface area contributed by atoms with Gasteiger partial charge in [0.15, 0.2) is 5.82 Å². The highest BCUT2D eigenvalue weighted by atomic mass is 16.5. The topological polar surface area (TPSA) is 67.2 Å². The van der Waals surface area contributed by atoms with Crippen molar-refractivity contribution in [2.24, 2.45) is 0 Å². The van der Waals surface area contributed by atoms with E-state index in [0.717, 1.165) is 17.0 Å². The summed E-state index contributed by atoms with van der Waals surface area (Å²) in [5, 5.41) is 9.21. The monoisotopic (exact) mass is 303 g/mol. The summed E-state index contributed by atoms with van der Waals surface area (Å²) in [5.41, 5.74) is 1.73. The number of hydrogen-bond acceptors (Lipinski definition) is 3. The van der Waals surface area contributed by atoms with Crippen LogP contribution >= 0.6 is 0 Å². The first-order valence-electron chi connectivity index (χ1n) is 7.46. The Hall–Kier alpha value is -2.30. The molecular weight excluding hydrogens is 278 g/mol. The van der Waals surface area contributed by atoms with E-state index in [1.807, 2.05) is 65.8 Å². The van der Waals surface area contributed by atoms with Gasteiger partial charge >= 0.3 is 6.03 Å². The maximum absolute atomic E-state index is 11.8. The maximum atomic E-state index is 11.8. The summed E-state index contributed by atoms with van der Waals surface area (Å²) in [5.74, 6) is 1.13. The molecule has 120 valence electrons. The number of carbonyl (C=O) groups excluding carboxylic acids is 1. The highest BCUT2D eigenvalue weighted by Gasteiger charge is 2.20. The van der Waals surface area contributed by atoms with Gasteiger partial charge in [0.25, 0.3) is 0 Å². The van der Waals surface area contributed by atoms with Crippen LogP contribution in [0.5, 0.6) is 0 Å². The van der Waals surface area contributed by atoms with Crippen molar-refractivity contribution < 1.29 is 9.32 Å². The number of rotatable bonds is 2. The number of benzene rings is 1. The molecule has 0 unspecified atom stereocenters. The van der Waals surface area contributed by atoms with Crippen LogP contribution in [0.15, 0.2) is 34.9 Å². The molecule has 0 saturated heterocycles. The minimum absolute atomic E-state index is 0.139. The Morgan fingerprint density at radius 2 is 1.68 bits per heavy atom. The van der Waals surface area contributed by atoms with Crippen LogP contribution in [0, 0.1) is 6.92 Å². The lowest BCUT2D eigenvalue weighted by molar-refractivity contribution is 0.262. The molecule has 1 heterocycles. The van der Waals surface area contributed by atoms with E-state index in [2.05, 4.69) is 15.8 Å². The van der Waals surface area contributed by atoms with E-state index < -0.39 is 0 Å². The number of hydrogen-bond donors (Lipinski definition) is 2. The number of anilines is 2. The van der Waals surface area contributed by atoms with E-state index in [0.29, 0.717) is 5.82 Å². The fraction of sp³-hybridized carbons (Fsp3) is 0.412. The average molecular weight is 303 g/mol. The number of nitrogens with one attached hydrogen (secondary N) is 2. The molecule has 2 rings (SSSR count). The van der Waals surface area contributed by atoms with Gasteiger partial charge in [0.05, 0.1) is 0 Å². The predicted octanol–water partition coefficient (Wildman–Crippen LogP) is 4.95. The van der Waals surface area contributed by atoms with Crippen LogP contribution < -0.4 is 10.6 Å². The Balaban J connectivity index is 0.00000116. The van der Waals surface area contributed by atoms with Crippen LogP contribution in [0.4, 0.5) is 16.3 Å². The molecule has 0 fully saturated rings. The first-order valence-corrected chi connectivity index (χ1v) is 7.46. The lowest BCUT2D eigenvalue weighted by Crippen LogP contribution is -2.19. The molecule has 0 aliphatic rings. The second kappa shape index (κ2) is 7.64. The van der Waals surface area contributed by atoms with E-state index in [-0.39, 0.29) is 11.4 Å². The summed E-state index contributed by atoms with van der Waals surface area (Å²) in [4.78, 5) is 11.8. The minimum Gasteiger partial charge on any atom is -0.359 e. The zero-order valence-corrected chi connectivity index (χ0v) is 14.2. The number of carbonyl (C=O) groups is 1. The zero-order valence-electron chi connectivity index (χ0n) is 14.2. The summed E-state index contributed by atoms with van der Waals surface area (Å²) >= 11 is 0. The lowest BCUT2D eigenvalue weighted by Gasteiger charge is -2.12. The Labute approximate surface area is 132 Å². The first-order chi connectivity index (χ1) is 10.3. The van der Waals surface area contributed by atoms with E-state index in [4.69, 9.17) is 4.52 Å². The smallest absolute Gasteiger partial charge is 0.324 e. The summed E-state index contributed by atoms with van der Waals surface area (Å²) in [6.07, 6.45) is 0. The predicted molar refractivity (Wildman–Crippen MR) is 90.4 cm³/mol. The molecule has 0 radical (unpaired) electrons. The number of amides is 2. The highest BCUT2D eigenvalue weighted by Crippen LogP contribution is 2.24. The molecule has 22 heavy (non-hydrogen) atoms. The van der Waals surface area contributed by atoms with Gasteiger partial charge in [-0.3, -0.25) is 5.32 Å². The van der Waals surface area contributed by atoms with Crippen LogP contribution in [-0.2, 0) is 5.41 Å². The van der Waals surface area contributed by atoms with E-state index in [1.54, 1.807) is 6.07 Å². The molecule has 1 aromatic heterocycles. The molecule has 0 atom stereocenters. The molecule has 2 amide bonds. The van der Waals surface area contributed by atoms with Crippen LogP contribution in [-0.4, -0.2) is 11.2 Å². The minimum atomic E-state index is -0.345. The fourth-order valence-electron chi connectivity index (χ4n) is 1.60. The van der Waals surface area contributed by atoms with Crippen molar-refractivity contribution >= 4 is 17.5 Å². The van der Waals surface area contributed by atoms with E-state index in [9.17, 15) is 4.79 Å². The second-order valence-corrected chi connectivity index (χ2v) is 5.77. The van der Waals surface area contributed by atoms with Crippen molar-refractivity contribution in [3.05, 3.63) is 41.7 Å². The van der Waals surface area contributed by atoms with Crippen molar-refractivity contribution in [1.82, 2.24) is 5.16 Å². The molecule has 0 saturated carbocycles. The average Bonchev–Trinajstić information content (AvgIpc) is 2.92. The summed E-state index contributed by atoms with van der Waals surface area (Å²) < 4.78 is 5.20. The van der Waals surface area contributed by atoms with Gasteiger partial charge < -0.3 is 9.84 Å². The van der Waals surface area contributed by atoms with Gasteiger partial charge in [0.1, 0.15) is 5.76 Å². The molecule has 0 bridgehead atoms. The van der Waals surface area contributed by atoms with Crippen molar-refractivity contribution in [2.45, 2.75) is 47.0 Å². The molecule has 5 heteroatoms. The fourth-order valence-corrected chi connectivity index (χ4v) is 1.60. The van der Waals surface area contributed by atoms with Gasteiger partial charge in [-0.15, -0.1) is 0 Å². The van der Waals surface area contributed by atoms with E-state index in [1.165, 1.54) is 0 Å². The molecule has 5 nitrogen and oxygen atoms in total. The molecule has 1 aromatic carbocycles. The summed E-state index contributed by atoms with van der Waals surface area (Å²) in [6, 6.07) is 8.95. The Morgan fingerprint density at radius 3 is 2.18 bits per heavy atom. The Bertz CT molecular complexity index is 595. The third-order valence-electron chi connectivity index (χ3n) is 2.80. The first kappa shape index (κ1) is 17.8. The Kier molecular flexibility index (Phi) is 6.16. The van der Waals surface area contributed by atoms with Gasteiger partial charge in [0, 0.05) is 17.2 Å². The molecule has 0 aliphatic carbocycles. The van der Waals surface area contributed by atoms with Crippen molar-refractivity contribution in [3.8, 4) is 0 Å². The third-order valence-corrected chi connectivity index (χ3v) is 2.80. The highest BCUT2D eigenvalue weighted by molar-refractivity contribution is 5.99. The number of aryl methyl sites for hydroxylation is 1. The van der Waals surface area contributed by atoms with Gasteiger partial charge in [-0.05, 0) is 19.1 Å². The molecular formula is C17H25N3O2. The van der Waals surface area contributed by atoms with Gasteiger partial charge in [-0.2, -0.15) is 0 Å². The van der Waals surface area contributed by atoms with Crippen LogP contribution in [0.25, 0.3) is 0 Å². The maximum Gasteiger partial charge on any atom is 0.324 e. The van der Waals surface area contributed by atoms with Gasteiger partial charge in [-0.25, -0.2) is 4.79 Å². The normalized spacial score (nSPS) is 10.5. The van der Waals surface area contributed by atoms with Gasteiger partial charge in [-0.1, -0.05) is 57.5 Å². The van der Waals surface area contributed by atoms with Crippen molar-refractivity contribution in [2.75, 3.05) is 10.6 Å².